The lowest BCUT2D eigenvalue weighted by Gasteiger charge is -2.36. The van der Waals surface area contributed by atoms with Crippen molar-refractivity contribution in [1.82, 2.24) is 10.2 Å². The summed E-state index contributed by atoms with van der Waals surface area (Å²) in [6, 6.07) is 13.7. The predicted molar refractivity (Wildman–Crippen MR) is 95.0 cm³/mol. The SMILES string of the molecule is CCOc1ccc2ccccc2c1[C@H](C1CC1)N1CCNCC1. The molecule has 2 fully saturated rings. The summed E-state index contributed by atoms with van der Waals surface area (Å²) < 4.78 is 6.05. The molecule has 0 aromatic heterocycles. The third-order valence-electron chi connectivity index (χ3n) is 5.14. The highest BCUT2D eigenvalue weighted by Crippen LogP contribution is 2.49. The average Bonchev–Trinajstić information content (AvgIpc) is 3.43. The summed E-state index contributed by atoms with van der Waals surface area (Å²) in [6.45, 7) is 7.27. The molecule has 122 valence electrons. The van der Waals surface area contributed by atoms with E-state index in [-0.39, 0.29) is 0 Å². The molecule has 3 heteroatoms. The van der Waals surface area contributed by atoms with Crippen molar-refractivity contribution in [3.05, 3.63) is 42.0 Å². The van der Waals surface area contributed by atoms with Gasteiger partial charge in [0, 0.05) is 37.8 Å². The van der Waals surface area contributed by atoms with Crippen LogP contribution in [0.4, 0.5) is 0 Å². The van der Waals surface area contributed by atoms with Gasteiger partial charge in [0.2, 0.25) is 0 Å². The molecule has 1 atom stereocenters. The standard InChI is InChI=1S/C20H26N2O/c1-2-23-18-10-9-15-5-3-4-6-17(15)19(18)20(16-7-8-16)22-13-11-21-12-14-22/h3-6,9-10,16,20-21H,2,7-8,11-14H2,1H3/t20-/m0/s1. The van der Waals surface area contributed by atoms with Crippen molar-refractivity contribution in [2.45, 2.75) is 25.8 Å². The third kappa shape index (κ3) is 2.96. The Morgan fingerprint density at radius 2 is 1.91 bits per heavy atom. The Balaban J connectivity index is 1.84. The second-order valence-corrected chi connectivity index (χ2v) is 6.70. The van der Waals surface area contributed by atoms with Crippen molar-refractivity contribution in [2.75, 3.05) is 32.8 Å². The minimum absolute atomic E-state index is 0.504. The summed E-state index contributed by atoms with van der Waals surface area (Å²) in [5.74, 6) is 1.87. The molecule has 0 amide bonds. The molecule has 4 rings (SSSR count). The monoisotopic (exact) mass is 310 g/mol. The average molecular weight is 310 g/mol. The van der Waals surface area contributed by atoms with Crippen LogP contribution in [0.3, 0.4) is 0 Å². The summed E-state index contributed by atoms with van der Waals surface area (Å²) in [7, 11) is 0. The van der Waals surface area contributed by atoms with Gasteiger partial charge in [-0.1, -0.05) is 30.3 Å². The van der Waals surface area contributed by atoms with Gasteiger partial charge in [0.1, 0.15) is 5.75 Å². The molecular formula is C20H26N2O. The lowest BCUT2D eigenvalue weighted by molar-refractivity contribution is 0.153. The molecule has 1 saturated heterocycles. The second kappa shape index (κ2) is 6.50. The zero-order valence-corrected chi connectivity index (χ0v) is 13.9. The number of nitrogens with one attached hydrogen (secondary N) is 1. The van der Waals surface area contributed by atoms with E-state index in [0.717, 1.165) is 44.5 Å². The first-order chi connectivity index (χ1) is 11.4. The van der Waals surface area contributed by atoms with Gasteiger partial charge in [-0.25, -0.2) is 0 Å². The van der Waals surface area contributed by atoms with Gasteiger partial charge in [-0.15, -0.1) is 0 Å². The van der Waals surface area contributed by atoms with E-state index < -0.39 is 0 Å². The first-order valence-electron chi connectivity index (χ1n) is 8.97. The van der Waals surface area contributed by atoms with Crippen LogP contribution < -0.4 is 10.1 Å². The van der Waals surface area contributed by atoms with E-state index in [0.29, 0.717) is 6.04 Å². The van der Waals surface area contributed by atoms with Gasteiger partial charge in [0.05, 0.1) is 6.61 Å². The zero-order chi connectivity index (χ0) is 15.6. The van der Waals surface area contributed by atoms with Crippen molar-refractivity contribution < 1.29 is 4.74 Å². The van der Waals surface area contributed by atoms with Gasteiger partial charge < -0.3 is 10.1 Å². The number of fused-ring (bicyclic) bond motifs is 1. The fraction of sp³-hybridized carbons (Fsp3) is 0.500. The molecule has 0 radical (unpaired) electrons. The molecule has 1 N–H and O–H groups in total. The van der Waals surface area contributed by atoms with E-state index in [2.05, 4.69) is 53.5 Å². The van der Waals surface area contributed by atoms with Gasteiger partial charge in [-0.3, -0.25) is 4.90 Å². The fourth-order valence-electron chi connectivity index (χ4n) is 3.95. The quantitative estimate of drug-likeness (QED) is 0.913. The van der Waals surface area contributed by atoms with Crippen LogP contribution in [-0.2, 0) is 0 Å². The van der Waals surface area contributed by atoms with Crippen molar-refractivity contribution in [3.63, 3.8) is 0 Å². The molecule has 23 heavy (non-hydrogen) atoms. The number of rotatable bonds is 5. The van der Waals surface area contributed by atoms with E-state index in [9.17, 15) is 0 Å². The molecule has 2 aromatic carbocycles. The Bertz CT molecular complexity index is 674. The van der Waals surface area contributed by atoms with Gasteiger partial charge in [-0.05, 0) is 42.5 Å². The van der Waals surface area contributed by atoms with Crippen LogP contribution in [0.25, 0.3) is 10.8 Å². The van der Waals surface area contributed by atoms with Crippen molar-refractivity contribution in [3.8, 4) is 5.75 Å². The molecule has 3 nitrogen and oxygen atoms in total. The lowest BCUT2D eigenvalue weighted by Crippen LogP contribution is -2.45. The van der Waals surface area contributed by atoms with Crippen LogP contribution in [0.2, 0.25) is 0 Å². The van der Waals surface area contributed by atoms with Crippen LogP contribution in [0.1, 0.15) is 31.4 Å². The van der Waals surface area contributed by atoms with Crippen LogP contribution in [0, 0.1) is 5.92 Å². The maximum Gasteiger partial charge on any atom is 0.124 e. The summed E-state index contributed by atoms with van der Waals surface area (Å²) in [6.07, 6.45) is 2.70. The minimum atomic E-state index is 0.504. The molecule has 1 heterocycles. The van der Waals surface area contributed by atoms with Crippen LogP contribution in [0.15, 0.2) is 36.4 Å². The molecule has 1 aliphatic heterocycles. The van der Waals surface area contributed by atoms with E-state index in [4.69, 9.17) is 4.74 Å². The summed E-state index contributed by atoms with van der Waals surface area (Å²) in [5, 5.41) is 6.18. The maximum absolute atomic E-state index is 6.05. The minimum Gasteiger partial charge on any atom is -0.494 e. The fourth-order valence-corrected chi connectivity index (χ4v) is 3.95. The van der Waals surface area contributed by atoms with Crippen LogP contribution >= 0.6 is 0 Å². The number of nitrogens with zero attached hydrogens (tertiary/aromatic N) is 1. The van der Waals surface area contributed by atoms with Gasteiger partial charge in [0.15, 0.2) is 0 Å². The van der Waals surface area contributed by atoms with E-state index >= 15 is 0 Å². The number of hydrogen-bond acceptors (Lipinski definition) is 3. The number of ether oxygens (including phenoxy) is 1. The molecule has 2 aromatic rings. The van der Waals surface area contributed by atoms with E-state index in [1.54, 1.807) is 0 Å². The van der Waals surface area contributed by atoms with Gasteiger partial charge in [-0.2, -0.15) is 0 Å². The first-order valence-corrected chi connectivity index (χ1v) is 8.97. The molecule has 0 spiro atoms. The first kappa shape index (κ1) is 15.0. The number of piperazine rings is 1. The molecule has 0 bridgehead atoms. The number of benzene rings is 2. The van der Waals surface area contributed by atoms with Crippen molar-refractivity contribution in [2.24, 2.45) is 5.92 Å². The number of hydrogen-bond donors (Lipinski definition) is 1. The predicted octanol–water partition coefficient (Wildman–Crippen LogP) is 3.59. The summed E-state index contributed by atoms with van der Waals surface area (Å²) in [5.41, 5.74) is 1.43. The van der Waals surface area contributed by atoms with Gasteiger partial charge in [0.25, 0.3) is 0 Å². The summed E-state index contributed by atoms with van der Waals surface area (Å²) in [4.78, 5) is 2.68. The lowest BCUT2D eigenvalue weighted by atomic mass is 9.93. The van der Waals surface area contributed by atoms with Crippen molar-refractivity contribution in [1.29, 1.82) is 0 Å². The van der Waals surface area contributed by atoms with Gasteiger partial charge >= 0.3 is 0 Å². The Morgan fingerprint density at radius 1 is 1.13 bits per heavy atom. The van der Waals surface area contributed by atoms with E-state index in [1.165, 1.54) is 29.2 Å². The smallest absolute Gasteiger partial charge is 0.124 e. The molecule has 1 saturated carbocycles. The molecular weight excluding hydrogens is 284 g/mol. The highest BCUT2D eigenvalue weighted by molar-refractivity contribution is 5.88. The molecule has 2 aliphatic rings. The van der Waals surface area contributed by atoms with Crippen LogP contribution in [0.5, 0.6) is 5.75 Å². The second-order valence-electron chi connectivity index (χ2n) is 6.70. The summed E-state index contributed by atoms with van der Waals surface area (Å²) >= 11 is 0. The zero-order valence-electron chi connectivity index (χ0n) is 13.9. The molecule has 0 unspecified atom stereocenters. The molecule has 1 aliphatic carbocycles. The maximum atomic E-state index is 6.05. The Labute approximate surface area is 138 Å². The van der Waals surface area contributed by atoms with Crippen molar-refractivity contribution >= 4 is 10.8 Å². The third-order valence-corrected chi connectivity index (χ3v) is 5.14. The Hall–Kier alpha value is -1.58. The highest BCUT2D eigenvalue weighted by Gasteiger charge is 2.39. The van der Waals surface area contributed by atoms with Crippen LogP contribution in [-0.4, -0.2) is 37.7 Å². The topological polar surface area (TPSA) is 24.5 Å². The normalized spacial score (nSPS) is 20.6. The van der Waals surface area contributed by atoms with E-state index in [1.807, 2.05) is 0 Å². The Morgan fingerprint density at radius 3 is 2.65 bits per heavy atom. The Kier molecular flexibility index (Phi) is 4.23. The largest absolute Gasteiger partial charge is 0.494 e. The highest BCUT2D eigenvalue weighted by atomic mass is 16.5.